The molecule has 0 saturated heterocycles. The number of likely N-dealkylation sites (N-methyl/N-ethyl adjacent to an activating group) is 1. The Morgan fingerprint density at radius 2 is 2.16 bits per heavy atom. The quantitative estimate of drug-likeness (QED) is 0.841. The number of nitrogens with zero attached hydrogens (tertiary/aromatic N) is 4. The van der Waals surface area contributed by atoms with E-state index in [9.17, 15) is 4.79 Å². The molecule has 0 aromatic carbocycles. The van der Waals surface area contributed by atoms with Crippen LogP contribution < -0.4 is 10.6 Å². The molecular formula is C12H16N6O. The van der Waals surface area contributed by atoms with Gasteiger partial charge >= 0.3 is 0 Å². The van der Waals surface area contributed by atoms with Crippen molar-refractivity contribution in [3.8, 4) is 5.82 Å². The molecule has 7 nitrogen and oxygen atoms in total. The molecule has 2 aromatic rings. The van der Waals surface area contributed by atoms with Gasteiger partial charge in [-0.05, 0) is 33.0 Å². The van der Waals surface area contributed by atoms with Crippen LogP contribution in [0.5, 0.6) is 0 Å². The second-order valence-electron chi connectivity index (χ2n) is 4.57. The topological polar surface area (TPSA) is 84.7 Å². The second-order valence-corrected chi connectivity index (χ2v) is 4.57. The first-order valence-electron chi connectivity index (χ1n) is 5.84. The minimum Gasteiger partial charge on any atom is -0.323 e. The largest absolute Gasteiger partial charge is 0.323 e. The highest BCUT2D eigenvalue weighted by Gasteiger charge is 2.25. The predicted molar refractivity (Wildman–Crippen MR) is 70.9 cm³/mol. The molecule has 0 unspecified atom stereocenters. The molecule has 100 valence electrons. The van der Waals surface area contributed by atoms with Crippen molar-refractivity contribution in [1.29, 1.82) is 0 Å². The van der Waals surface area contributed by atoms with Crippen molar-refractivity contribution in [2.45, 2.75) is 19.4 Å². The molecule has 0 aliphatic carbocycles. The Balaban J connectivity index is 2.10. The van der Waals surface area contributed by atoms with E-state index in [1.807, 2.05) is 0 Å². The molecule has 1 amide bonds. The average molecular weight is 260 g/mol. The van der Waals surface area contributed by atoms with E-state index in [2.05, 4.69) is 25.7 Å². The maximum atomic E-state index is 11.9. The molecular weight excluding hydrogens is 244 g/mol. The number of pyridine rings is 1. The lowest BCUT2D eigenvalue weighted by molar-refractivity contribution is -0.121. The zero-order valence-corrected chi connectivity index (χ0v) is 11.1. The van der Waals surface area contributed by atoms with E-state index in [1.54, 1.807) is 50.2 Å². The Morgan fingerprint density at radius 3 is 2.68 bits per heavy atom. The van der Waals surface area contributed by atoms with E-state index >= 15 is 0 Å². The maximum absolute atomic E-state index is 11.9. The van der Waals surface area contributed by atoms with Crippen LogP contribution in [0, 0.1) is 0 Å². The van der Waals surface area contributed by atoms with Crippen LogP contribution in [0.2, 0.25) is 0 Å². The molecule has 19 heavy (non-hydrogen) atoms. The highest BCUT2D eigenvalue weighted by molar-refractivity contribution is 5.97. The van der Waals surface area contributed by atoms with E-state index in [-0.39, 0.29) is 5.91 Å². The minimum atomic E-state index is -0.634. The summed E-state index contributed by atoms with van der Waals surface area (Å²) in [6.45, 7) is 3.61. The number of aromatic nitrogens is 4. The van der Waals surface area contributed by atoms with Gasteiger partial charge in [-0.3, -0.25) is 4.79 Å². The monoisotopic (exact) mass is 260 g/mol. The zero-order chi connectivity index (χ0) is 13.9. The zero-order valence-electron chi connectivity index (χ0n) is 11.1. The summed E-state index contributed by atoms with van der Waals surface area (Å²) in [5.74, 6) is 0.522. The van der Waals surface area contributed by atoms with Crippen molar-refractivity contribution in [2.24, 2.45) is 0 Å². The van der Waals surface area contributed by atoms with Gasteiger partial charge in [-0.1, -0.05) is 0 Å². The fraction of sp³-hybridized carbons (Fsp3) is 0.333. The van der Waals surface area contributed by atoms with Crippen molar-refractivity contribution in [2.75, 3.05) is 12.4 Å². The van der Waals surface area contributed by atoms with Gasteiger partial charge in [0.15, 0.2) is 5.82 Å². The van der Waals surface area contributed by atoms with Crippen molar-refractivity contribution in [3.63, 3.8) is 0 Å². The second kappa shape index (κ2) is 5.15. The number of nitrogens with one attached hydrogen (secondary N) is 2. The summed E-state index contributed by atoms with van der Waals surface area (Å²) in [5, 5.41) is 9.71. The van der Waals surface area contributed by atoms with E-state index in [0.717, 1.165) is 0 Å². The van der Waals surface area contributed by atoms with Gasteiger partial charge in [-0.2, -0.15) is 5.10 Å². The number of hydrogen-bond acceptors (Lipinski definition) is 5. The summed E-state index contributed by atoms with van der Waals surface area (Å²) in [7, 11) is 1.74. The molecule has 7 heteroatoms. The van der Waals surface area contributed by atoms with Gasteiger partial charge in [0.25, 0.3) is 0 Å². The van der Waals surface area contributed by atoms with E-state index in [1.165, 1.54) is 6.33 Å². The van der Waals surface area contributed by atoms with Crippen molar-refractivity contribution in [3.05, 3.63) is 31.0 Å². The SMILES string of the molecule is CNC(C)(C)C(=O)Nc1ccc(-n2cncn2)nc1. The normalized spacial score (nSPS) is 11.3. The summed E-state index contributed by atoms with van der Waals surface area (Å²) in [6.07, 6.45) is 4.58. The molecule has 0 spiro atoms. The standard InChI is InChI=1S/C12H16N6O/c1-12(2,13-3)11(19)17-9-4-5-10(15-6-9)18-8-14-7-16-18/h4-8,13H,1-3H3,(H,17,19). The van der Waals surface area contributed by atoms with Crippen LogP contribution in [0.3, 0.4) is 0 Å². The van der Waals surface area contributed by atoms with E-state index in [0.29, 0.717) is 11.5 Å². The molecule has 0 saturated carbocycles. The van der Waals surface area contributed by atoms with Crippen molar-refractivity contribution < 1.29 is 4.79 Å². The fourth-order valence-corrected chi connectivity index (χ4v) is 1.32. The summed E-state index contributed by atoms with van der Waals surface area (Å²) in [5.41, 5.74) is 0.00194. The number of hydrogen-bond donors (Lipinski definition) is 2. The lowest BCUT2D eigenvalue weighted by atomic mass is 10.1. The first-order valence-corrected chi connectivity index (χ1v) is 5.84. The Bertz CT molecular complexity index is 546. The summed E-state index contributed by atoms with van der Waals surface area (Å²) >= 11 is 0. The summed E-state index contributed by atoms with van der Waals surface area (Å²) in [4.78, 5) is 20.0. The summed E-state index contributed by atoms with van der Waals surface area (Å²) < 4.78 is 1.54. The van der Waals surface area contributed by atoms with E-state index < -0.39 is 5.54 Å². The van der Waals surface area contributed by atoms with Gasteiger partial charge in [-0.15, -0.1) is 0 Å². The Kier molecular flexibility index (Phi) is 3.57. The molecule has 2 aromatic heterocycles. The van der Waals surface area contributed by atoms with Crippen LogP contribution in [-0.2, 0) is 4.79 Å². The Morgan fingerprint density at radius 1 is 1.37 bits per heavy atom. The van der Waals surface area contributed by atoms with Crippen LogP contribution in [0.25, 0.3) is 5.82 Å². The van der Waals surface area contributed by atoms with Crippen molar-refractivity contribution in [1.82, 2.24) is 25.1 Å². The average Bonchev–Trinajstić information content (AvgIpc) is 2.93. The number of rotatable bonds is 4. The number of carbonyl (C=O) groups is 1. The predicted octanol–water partition coefficient (Wildman–Crippen LogP) is 0.599. The van der Waals surface area contributed by atoms with Gasteiger partial charge in [0.1, 0.15) is 12.7 Å². The first kappa shape index (κ1) is 13.2. The molecule has 0 aliphatic rings. The van der Waals surface area contributed by atoms with Crippen LogP contribution >= 0.6 is 0 Å². The molecule has 0 fully saturated rings. The van der Waals surface area contributed by atoms with E-state index in [4.69, 9.17) is 0 Å². The third-order valence-corrected chi connectivity index (χ3v) is 2.85. The lowest BCUT2D eigenvalue weighted by Gasteiger charge is -2.22. The van der Waals surface area contributed by atoms with Crippen LogP contribution in [-0.4, -0.2) is 38.2 Å². The highest BCUT2D eigenvalue weighted by atomic mass is 16.2. The molecule has 0 aliphatic heterocycles. The minimum absolute atomic E-state index is 0.120. The molecule has 2 N–H and O–H groups in total. The molecule has 0 atom stereocenters. The first-order chi connectivity index (χ1) is 9.03. The smallest absolute Gasteiger partial charge is 0.244 e. The molecule has 0 bridgehead atoms. The van der Waals surface area contributed by atoms with Gasteiger partial charge < -0.3 is 10.6 Å². The number of anilines is 1. The molecule has 2 heterocycles. The third-order valence-electron chi connectivity index (χ3n) is 2.85. The van der Waals surface area contributed by atoms with Gasteiger partial charge in [0, 0.05) is 0 Å². The Hall–Kier alpha value is -2.28. The van der Waals surface area contributed by atoms with Gasteiger partial charge in [-0.25, -0.2) is 14.6 Å². The van der Waals surface area contributed by atoms with Crippen LogP contribution in [0.15, 0.2) is 31.0 Å². The fourth-order valence-electron chi connectivity index (χ4n) is 1.32. The number of amides is 1. The maximum Gasteiger partial charge on any atom is 0.244 e. The number of carbonyl (C=O) groups excluding carboxylic acids is 1. The van der Waals surface area contributed by atoms with Gasteiger partial charge in [0.2, 0.25) is 5.91 Å². The summed E-state index contributed by atoms with van der Waals surface area (Å²) in [6, 6.07) is 3.53. The van der Waals surface area contributed by atoms with Crippen LogP contribution in [0.1, 0.15) is 13.8 Å². The van der Waals surface area contributed by atoms with Crippen molar-refractivity contribution >= 4 is 11.6 Å². The lowest BCUT2D eigenvalue weighted by Crippen LogP contribution is -2.47. The highest BCUT2D eigenvalue weighted by Crippen LogP contribution is 2.11. The molecule has 2 rings (SSSR count). The van der Waals surface area contributed by atoms with Crippen LogP contribution in [0.4, 0.5) is 5.69 Å². The molecule has 0 radical (unpaired) electrons. The van der Waals surface area contributed by atoms with Gasteiger partial charge in [0.05, 0.1) is 17.4 Å². The third kappa shape index (κ3) is 2.94. The Labute approximate surface area is 111 Å².